The standard InChI is InChI=1S/C15H12ClFN4O2/c1-2-23-15(22)9-6-18-13-12(9)14(20-7-19-13)21-8-3-4-11(17)10(16)5-8/h3-7H,2H2,1H3,(H2,18,19,20,21). The normalized spacial score (nSPS) is 10.7. The molecule has 2 aromatic heterocycles. The number of nitrogens with one attached hydrogen (secondary N) is 2. The molecule has 0 atom stereocenters. The fourth-order valence-corrected chi connectivity index (χ4v) is 2.32. The van der Waals surface area contributed by atoms with Gasteiger partial charge in [0.1, 0.15) is 23.6 Å². The van der Waals surface area contributed by atoms with Gasteiger partial charge >= 0.3 is 5.97 Å². The fourth-order valence-electron chi connectivity index (χ4n) is 2.14. The van der Waals surface area contributed by atoms with Crippen LogP contribution in [0.5, 0.6) is 0 Å². The van der Waals surface area contributed by atoms with E-state index in [-0.39, 0.29) is 11.6 Å². The molecule has 3 rings (SSSR count). The molecule has 8 heteroatoms. The smallest absolute Gasteiger partial charge is 0.340 e. The van der Waals surface area contributed by atoms with Crippen LogP contribution in [0.2, 0.25) is 5.02 Å². The van der Waals surface area contributed by atoms with E-state index < -0.39 is 11.8 Å². The summed E-state index contributed by atoms with van der Waals surface area (Å²) in [5.41, 5.74) is 1.34. The Bertz CT molecular complexity index is 881. The Morgan fingerprint density at radius 3 is 3.00 bits per heavy atom. The molecule has 0 spiro atoms. The maximum absolute atomic E-state index is 13.2. The van der Waals surface area contributed by atoms with Crippen LogP contribution in [0.4, 0.5) is 15.9 Å². The summed E-state index contributed by atoms with van der Waals surface area (Å²) in [6.07, 6.45) is 2.86. The Labute approximate surface area is 135 Å². The summed E-state index contributed by atoms with van der Waals surface area (Å²) >= 11 is 5.77. The van der Waals surface area contributed by atoms with E-state index in [1.807, 2.05) is 0 Å². The molecule has 2 heterocycles. The second-order valence-electron chi connectivity index (χ2n) is 4.62. The van der Waals surface area contributed by atoms with Crippen LogP contribution in [-0.4, -0.2) is 27.5 Å². The maximum Gasteiger partial charge on any atom is 0.340 e. The van der Waals surface area contributed by atoms with Crippen LogP contribution in [-0.2, 0) is 4.74 Å². The number of halogens is 2. The predicted octanol–water partition coefficient (Wildman–Crippen LogP) is 3.67. The minimum absolute atomic E-state index is 0.0139. The Kier molecular flexibility index (Phi) is 4.12. The van der Waals surface area contributed by atoms with E-state index in [0.29, 0.717) is 28.1 Å². The summed E-state index contributed by atoms with van der Waals surface area (Å²) in [6.45, 7) is 1.98. The van der Waals surface area contributed by atoms with Crippen molar-refractivity contribution in [1.82, 2.24) is 15.0 Å². The topological polar surface area (TPSA) is 79.9 Å². The van der Waals surface area contributed by atoms with Gasteiger partial charge < -0.3 is 15.0 Å². The van der Waals surface area contributed by atoms with E-state index in [2.05, 4.69) is 20.3 Å². The number of carbonyl (C=O) groups excluding carboxylic acids is 1. The number of ether oxygens (including phenoxy) is 1. The van der Waals surface area contributed by atoms with Crippen LogP contribution < -0.4 is 5.32 Å². The molecule has 23 heavy (non-hydrogen) atoms. The molecule has 0 unspecified atom stereocenters. The van der Waals surface area contributed by atoms with Crippen LogP contribution in [0.1, 0.15) is 17.3 Å². The van der Waals surface area contributed by atoms with E-state index in [0.717, 1.165) is 0 Å². The van der Waals surface area contributed by atoms with Crippen molar-refractivity contribution in [2.24, 2.45) is 0 Å². The summed E-state index contributed by atoms with van der Waals surface area (Å²) < 4.78 is 18.3. The van der Waals surface area contributed by atoms with Gasteiger partial charge in [0.25, 0.3) is 0 Å². The van der Waals surface area contributed by atoms with Gasteiger partial charge in [-0.3, -0.25) is 0 Å². The van der Waals surface area contributed by atoms with Crippen molar-refractivity contribution in [3.63, 3.8) is 0 Å². The van der Waals surface area contributed by atoms with Gasteiger partial charge in [-0.05, 0) is 25.1 Å². The highest BCUT2D eigenvalue weighted by Gasteiger charge is 2.18. The molecule has 0 saturated carbocycles. The van der Waals surface area contributed by atoms with E-state index >= 15 is 0 Å². The molecule has 6 nitrogen and oxygen atoms in total. The van der Waals surface area contributed by atoms with E-state index in [1.165, 1.54) is 30.7 Å². The van der Waals surface area contributed by atoms with Crippen molar-refractivity contribution in [2.75, 3.05) is 11.9 Å². The van der Waals surface area contributed by atoms with Crippen molar-refractivity contribution in [1.29, 1.82) is 0 Å². The van der Waals surface area contributed by atoms with Gasteiger partial charge in [0.2, 0.25) is 0 Å². The lowest BCUT2D eigenvalue weighted by Crippen LogP contribution is -2.05. The number of esters is 1. The highest BCUT2D eigenvalue weighted by molar-refractivity contribution is 6.31. The van der Waals surface area contributed by atoms with E-state index in [4.69, 9.17) is 16.3 Å². The molecule has 1 aromatic carbocycles. The van der Waals surface area contributed by atoms with Gasteiger partial charge in [-0.25, -0.2) is 19.2 Å². The van der Waals surface area contributed by atoms with Crippen LogP contribution in [0.3, 0.4) is 0 Å². The van der Waals surface area contributed by atoms with Gasteiger partial charge in [0.15, 0.2) is 0 Å². The van der Waals surface area contributed by atoms with Crippen molar-refractivity contribution < 1.29 is 13.9 Å². The first-order chi connectivity index (χ1) is 11.1. The molecule has 3 aromatic rings. The van der Waals surface area contributed by atoms with E-state index in [9.17, 15) is 9.18 Å². The third-order valence-electron chi connectivity index (χ3n) is 3.15. The molecule has 2 N–H and O–H groups in total. The molecule has 0 radical (unpaired) electrons. The summed E-state index contributed by atoms with van der Waals surface area (Å²) in [7, 11) is 0. The average Bonchev–Trinajstić information content (AvgIpc) is 2.96. The number of rotatable bonds is 4. The van der Waals surface area contributed by atoms with Crippen LogP contribution >= 0.6 is 11.6 Å². The van der Waals surface area contributed by atoms with Crippen LogP contribution in [0.15, 0.2) is 30.7 Å². The van der Waals surface area contributed by atoms with Gasteiger partial charge in [0, 0.05) is 11.9 Å². The Hall–Kier alpha value is -2.67. The number of carbonyl (C=O) groups is 1. The number of fused-ring (bicyclic) bond motifs is 1. The lowest BCUT2D eigenvalue weighted by atomic mass is 10.2. The molecule has 0 aliphatic rings. The minimum atomic E-state index is -0.515. The SMILES string of the molecule is CCOC(=O)c1c[nH]c2ncnc(Nc3ccc(F)c(Cl)c3)c12. The number of anilines is 2. The summed E-state index contributed by atoms with van der Waals surface area (Å²) in [6, 6.07) is 4.19. The number of aromatic amines is 1. The Morgan fingerprint density at radius 2 is 2.26 bits per heavy atom. The highest BCUT2D eigenvalue weighted by atomic mass is 35.5. The first-order valence-corrected chi connectivity index (χ1v) is 7.19. The van der Waals surface area contributed by atoms with Gasteiger partial charge in [-0.2, -0.15) is 0 Å². The third kappa shape index (κ3) is 2.95. The van der Waals surface area contributed by atoms with Crippen molar-refractivity contribution in [3.8, 4) is 0 Å². The van der Waals surface area contributed by atoms with Crippen LogP contribution in [0, 0.1) is 5.82 Å². The second-order valence-corrected chi connectivity index (χ2v) is 5.03. The number of nitrogens with zero attached hydrogens (tertiary/aromatic N) is 2. The molecule has 0 amide bonds. The molecular formula is C15H12ClFN4O2. The van der Waals surface area contributed by atoms with Gasteiger partial charge in [-0.15, -0.1) is 0 Å². The lowest BCUT2D eigenvalue weighted by Gasteiger charge is -2.08. The fraction of sp³-hybridized carbons (Fsp3) is 0.133. The third-order valence-corrected chi connectivity index (χ3v) is 3.44. The zero-order valence-corrected chi connectivity index (χ0v) is 12.8. The first kappa shape index (κ1) is 15.2. The van der Waals surface area contributed by atoms with Crippen LogP contribution in [0.25, 0.3) is 11.0 Å². The molecule has 0 bridgehead atoms. The Morgan fingerprint density at radius 1 is 1.43 bits per heavy atom. The first-order valence-electron chi connectivity index (χ1n) is 6.81. The maximum atomic E-state index is 13.2. The second kappa shape index (κ2) is 6.21. The van der Waals surface area contributed by atoms with Crippen molar-refractivity contribution in [2.45, 2.75) is 6.92 Å². The molecule has 0 aliphatic carbocycles. The molecule has 0 aliphatic heterocycles. The molecule has 0 saturated heterocycles. The Balaban J connectivity index is 2.04. The average molecular weight is 335 g/mol. The monoisotopic (exact) mass is 334 g/mol. The molecule has 0 fully saturated rings. The predicted molar refractivity (Wildman–Crippen MR) is 84.5 cm³/mol. The van der Waals surface area contributed by atoms with Crippen molar-refractivity contribution >= 4 is 40.1 Å². The number of benzene rings is 1. The summed E-state index contributed by atoms with van der Waals surface area (Å²) in [5, 5.41) is 3.49. The zero-order valence-electron chi connectivity index (χ0n) is 12.1. The van der Waals surface area contributed by atoms with Crippen molar-refractivity contribution in [3.05, 3.63) is 47.1 Å². The molecule has 118 valence electrons. The number of H-pyrrole nitrogens is 1. The molecular weight excluding hydrogens is 323 g/mol. The zero-order chi connectivity index (χ0) is 16.4. The highest BCUT2D eigenvalue weighted by Crippen LogP contribution is 2.28. The van der Waals surface area contributed by atoms with E-state index in [1.54, 1.807) is 6.92 Å². The number of hydrogen-bond acceptors (Lipinski definition) is 5. The minimum Gasteiger partial charge on any atom is -0.462 e. The summed E-state index contributed by atoms with van der Waals surface area (Å²) in [5.74, 6) is -0.602. The quantitative estimate of drug-likeness (QED) is 0.712. The lowest BCUT2D eigenvalue weighted by molar-refractivity contribution is 0.0528. The van der Waals surface area contributed by atoms with Gasteiger partial charge in [0.05, 0.1) is 22.6 Å². The summed E-state index contributed by atoms with van der Waals surface area (Å²) in [4.78, 5) is 23.1. The number of hydrogen-bond donors (Lipinski definition) is 2. The van der Waals surface area contributed by atoms with Gasteiger partial charge in [-0.1, -0.05) is 11.6 Å². The number of aromatic nitrogens is 3. The largest absolute Gasteiger partial charge is 0.462 e.